The molecule has 0 aromatic heterocycles. The fourth-order valence-electron chi connectivity index (χ4n) is 2.69. The van der Waals surface area contributed by atoms with Crippen LogP contribution in [0, 0.1) is 0 Å². The minimum Gasteiger partial charge on any atom is -0.484 e. The molecule has 1 fully saturated rings. The molecule has 4 heteroatoms. The predicted octanol–water partition coefficient (Wildman–Crippen LogP) is 2.72. The van der Waals surface area contributed by atoms with Gasteiger partial charge in [-0.3, -0.25) is 0 Å². The van der Waals surface area contributed by atoms with Crippen LogP contribution in [0.25, 0.3) is 0 Å². The lowest BCUT2D eigenvalue weighted by Crippen LogP contribution is -2.35. The third-order valence-electron chi connectivity index (χ3n) is 3.72. The lowest BCUT2D eigenvalue weighted by molar-refractivity contribution is -0.140. The van der Waals surface area contributed by atoms with Gasteiger partial charge < -0.3 is 9.47 Å². The molecule has 2 aliphatic rings. The van der Waals surface area contributed by atoms with Crippen molar-refractivity contribution in [1.82, 2.24) is 0 Å². The van der Waals surface area contributed by atoms with E-state index >= 15 is 0 Å². The van der Waals surface area contributed by atoms with Crippen LogP contribution >= 0.6 is 0 Å². The zero-order chi connectivity index (χ0) is 13.1. The number of nitrogens with zero attached hydrogens (tertiary/aromatic N) is 1. The van der Waals surface area contributed by atoms with Crippen molar-refractivity contribution in [1.29, 1.82) is 0 Å². The van der Waals surface area contributed by atoms with Gasteiger partial charge in [-0.25, -0.2) is 9.79 Å². The molecule has 0 atom stereocenters. The second-order valence-electron chi connectivity index (χ2n) is 5.09. The predicted molar refractivity (Wildman–Crippen MR) is 71.3 cm³/mol. The summed E-state index contributed by atoms with van der Waals surface area (Å²) in [7, 11) is 0. The number of hydrogen-bond donors (Lipinski definition) is 0. The lowest BCUT2D eigenvalue weighted by Gasteiger charge is -2.25. The van der Waals surface area contributed by atoms with Crippen LogP contribution in [0.2, 0.25) is 0 Å². The van der Waals surface area contributed by atoms with Crippen molar-refractivity contribution < 1.29 is 14.3 Å². The largest absolute Gasteiger partial charge is 0.484 e. The van der Waals surface area contributed by atoms with Crippen LogP contribution in [0.4, 0.5) is 0 Å². The second kappa shape index (κ2) is 5.03. The van der Waals surface area contributed by atoms with E-state index in [-0.39, 0.29) is 12.6 Å². The molecule has 4 nitrogen and oxygen atoms in total. The Hall–Kier alpha value is -1.84. The SMILES string of the molecule is O=C1OC(COc2ccccc2)=NC12CCCCC2. The smallest absolute Gasteiger partial charge is 0.340 e. The molecule has 0 radical (unpaired) electrons. The minimum absolute atomic E-state index is 0.195. The number of benzene rings is 1. The lowest BCUT2D eigenvalue weighted by atomic mass is 9.83. The second-order valence-corrected chi connectivity index (χ2v) is 5.09. The Morgan fingerprint density at radius 2 is 1.89 bits per heavy atom. The molecule has 1 heterocycles. The number of hydrogen-bond acceptors (Lipinski definition) is 4. The molecule has 3 rings (SSSR count). The van der Waals surface area contributed by atoms with E-state index in [0.29, 0.717) is 5.90 Å². The summed E-state index contributed by atoms with van der Waals surface area (Å²) in [6.07, 6.45) is 4.89. The van der Waals surface area contributed by atoms with E-state index < -0.39 is 5.54 Å². The van der Waals surface area contributed by atoms with Gasteiger partial charge in [0.25, 0.3) is 0 Å². The Kier molecular flexibility index (Phi) is 3.23. The number of aliphatic imine (C=N–C) groups is 1. The highest BCUT2D eigenvalue weighted by Crippen LogP contribution is 2.36. The van der Waals surface area contributed by atoms with Crippen LogP contribution in [0.3, 0.4) is 0 Å². The summed E-state index contributed by atoms with van der Waals surface area (Å²) < 4.78 is 10.8. The van der Waals surface area contributed by atoms with Gasteiger partial charge in [0, 0.05) is 0 Å². The Bertz CT molecular complexity index is 489. The Labute approximate surface area is 112 Å². The van der Waals surface area contributed by atoms with E-state index in [2.05, 4.69) is 4.99 Å². The molecule has 0 unspecified atom stereocenters. The van der Waals surface area contributed by atoms with Gasteiger partial charge in [-0.1, -0.05) is 37.5 Å². The van der Waals surface area contributed by atoms with Gasteiger partial charge in [0.05, 0.1) is 0 Å². The Balaban J connectivity index is 1.66. The normalized spacial score (nSPS) is 21.1. The molecule has 0 N–H and O–H groups in total. The zero-order valence-electron chi connectivity index (χ0n) is 10.8. The number of esters is 1. The standard InChI is InChI=1S/C15H17NO3/c17-14-15(9-5-2-6-10-15)16-13(19-14)11-18-12-7-3-1-4-8-12/h1,3-4,7-8H,2,5-6,9-11H2. The molecule has 1 aromatic carbocycles. The van der Waals surface area contributed by atoms with Crippen molar-refractivity contribution in [3.63, 3.8) is 0 Å². The molecule has 0 amide bonds. The average Bonchev–Trinajstić information content (AvgIpc) is 2.75. The van der Waals surface area contributed by atoms with Gasteiger partial charge in [-0.05, 0) is 25.0 Å². The van der Waals surface area contributed by atoms with Crippen LogP contribution in [0.5, 0.6) is 5.75 Å². The first-order chi connectivity index (χ1) is 9.28. The van der Waals surface area contributed by atoms with E-state index in [4.69, 9.17) is 9.47 Å². The van der Waals surface area contributed by atoms with Crippen molar-refractivity contribution in [2.75, 3.05) is 6.61 Å². The molecular formula is C15H17NO3. The molecule has 1 saturated carbocycles. The maximum Gasteiger partial charge on any atom is 0.340 e. The fraction of sp³-hybridized carbons (Fsp3) is 0.467. The number of ether oxygens (including phenoxy) is 2. The molecule has 100 valence electrons. The molecule has 19 heavy (non-hydrogen) atoms. The summed E-state index contributed by atoms with van der Waals surface area (Å²) in [5, 5.41) is 0. The van der Waals surface area contributed by atoms with Gasteiger partial charge in [-0.15, -0.1) is 0 Å². The van der Waals surface area contributed by atoms with Gasteiger partial charge in [0.15, 0.2) is 12.1 Å². The minimum atomic E-state index is -0.604. The quantitative estimate of drug-likeness (QED) is 0.784. The van der Waals surface area contributed by atoms with Crippen molar-refractivity contribution in [3.05, 3.63) is 30.3 Å². The Morgan fingerprint density at radius 3 is 2.63 bits per heavy atom. The van der Waals surface area contributed by atoms with E-state index in [1.165, 1.54) is 6.42 Å². The molecule has 1 spiro atoms. The summed E-state index contributed by atoms with van der Waals surface area (Å²) in [6.45, 7) is 0.220. The average molecular weight is 259 g/mol. The first kappa shape index (κ1) is 12.2. The summed E-state index contributed by atoms with van der Waals surface area (Å²) in [6, 6.07) is 9.47. The number of cyclic esters (lactones) is 1. The topological polar surface area (TPSA) is 47.9 Å². The van der Waals surface area contributed by atoms with Crippen LogP contribution in [0.15, 0.2) is 35.3 Å². The number of rotatable bonds is 3. The van der Waals surface area contributed by atoms with Crippen LogP contribution < -0.4 is 4.74 Å². The maximum atomic E-state index is 12.0. The van der Waals surface area contributed by atoms with E-state index in [1.54, 1.807) is 0 Å². The highest BCUT2D eigenvalue weighted by atomic mass is 16.6. The highest BCUT2D eigenvalue weighted by Gasteiger charge is 2.46. The fourth-order valence-corrected chi connectivity index (χ4v) is 2.69. The molecule has 1 aromatic rings. The molecular weight excluding hydrogens is 242 g/mol. The zero-order valence-corrected chi connectivity index (χ0v) is 10.8. The van der Waals surface area contributed by atoms with Crippen LogP contribution in [-0.2, 0) is 9.53 Å². The summed E-state index contributed by atoms with van der Waals surface area (Å²) in [5.74, 6) is 0.973. The van der Waals surface area contributed by atoms with Crippen LogP contribution in [-0.4, -0.2) is 24.0 Å². The van der Waals surface area contributed by atoms with Gasteiger partial charge in [0.1, 0.15) is 5.75 Å². The molecule has 1 aliphatic heterocycles. The summed E-state index contributed by atoms with van der Waals surface area (Å²) in [5.41, 5.74) is -0.604. The maximum absolute atomic E-state index is 12.0. The summed E-state index contributed by atoms with van der Waals surface area (Å²) in [4.78, 5) is 16.5. The van der Waals surface area contributed by atoms with Gasteiger partial charge in [-0.2, -0.15) is 0 Å². The van der Waals surface area contributed by atoms with Gasteiger partial charge in [0.2, 0.25) is 5.90 Å². The van der Waals surface area contributed by atoms with Crippen LogP contribution in [0.1, 0.15) is 32.1 Å². The number of carbonyl (C=O) groups is 1. The highest BCUT2D eigenvalue weighted by molar-refractivity contribution is 6.00. The number of para-hydroxylation sites is 1. The third-order valence-corrected chi connectivity index (χ3v) is 3.72. The Morgan fingerprint density at radius 1 is 1.16 bits per heavy atom. The van der Waals surface area contributed by atoms with E-state index in [1.807, 2.05) is 30.3 Å². The molecule has 0 saturated heterocycles. The summed E-state index contributed by atoms with van der Waals surface area (Å²) >= 11 is 0. The van der Waals surface area contributed by atoms with Crippen molar-refractivity contribution in [2.45, 2.75) is 37.6 Å². The van der Waals surface area contributed by atoms with Crippen molar-refractivity contribution in [3.8, 4) is 5.75 Å². The van der Waals surface area contributed by atoms with Crippen molar-refractivity contribution in [2.24, 2.45) is 4.99 Å². The molecule has 1 aliphatic carbocycles. The number of carbonyl (C=O) groups excluding carboxylic acids is 1. The van der Waals surface area contributed by atoms with Gasteiger partial charge >= 0.3 is 5.97 Å². The van der Waals surface area contributed by atoms with Crippen molar-refractivity contribution >= 4 is 11.9 Å². The molecule has 0 bridgehead atoms. The van der Waals surface area contributed by atoms with E-state index in [9.17, 15) is 4.79 Å². The first-order valence-corrected chi connectivity index (χ1v) is 6.77. The van der Waals surface area contributed by atoms with E-state index in [0.717, 1.165) is 31.4 Å². The first-order valence-electron chi connectivity index (χ1n) is 6.77. The third kappa shape index (κ3) is 2.48. The monoisotopic (exact) mass is 259 g/mol.